The number of sulfone groups is 2. The second-order valence-electron chi connectivity index (χ2n) is 9.40. The van der Waals surface area contributed by atoms with E-state index in [4.69, 9.17) is 20.8 Å². The molecule has 0 spiro atoms. The van der Waals surface area contributed by atoms with E-state index in [2.05, 4.69) is 10.0 Å². The summed E-state index contributed by atoms with van der Waals surface area (Å²) in [5.74, 6) is -0.712. The first kappa shape index (κ1) is 35.9. The first-order valence-electron chi connectivity index (χ1n) is 11.5. The molecule has 212 valence electrons. The van der Waals surface area contributed by atoms with Crippen molar-refractivity contribution in [2.75, 3.05) is 30.3 Å². The predicted molar refractivity (Wildman–Crippen MR) is 148 cm³/mol. The van der Waals surface area contributed by atoms with Gasteiger partial charge >= 0.3 is 29.6 Å². The van der Waals surface area contributed by atoms with Crippen molar-refractivity contribution in [2.45, 2.75) is 36.8 Å². The monoisotopic (exact) mass is 620 g/mol. The van der Waals surface area contributed by atoms with Gasteiger partial charge in [-0.3, -0.25) is 9.09 Å². The SMILES string of the molecule is CS(=O)(=O)C[C@@H]1c2ccccc2C[C@@H]1OS(C)(=O)=O.CS(=O)(=O)C[C@@H]1c2ccccc2C[C@H]1N=[N+]=[N-].[N-]=[N+]=[N-].[Na+]. The van der Waals surface area contributed by atoms with Crippen LogP contribution in [0, 0.1) is 0 Å². The maximum atomic E-state index is 11.5. The van der Waals surface area contributed by atoms with Crippen LogP contribution in [0.1, 0.15) is 34.1 Å². The molecule has 0 radical (unpaired) electrons. The van der Waals surface area contributed by atoms with Gasteiger partial charge in [-0.25, -0.2) is 16.8 Å². The third kappa shape index (κ3) is 11.4. The minimum Gasteiger partial charge on any atom is -0.373 e. The molecule has 13 nitrogen and oxygen atoms in total. The molecule has 2 aliphatic rings. The zero-order chi connectivity index (χ0) is 29.4. The van der Waals surface area contributed by atoms with E-state index < -0.39 is 41.8 Å². The Labute approximate surface area is 256 Å². The Morgan fingerprint density at radius 2 is 1.20 bits per heavy atom. The number of nitrogens with zero attached hydrogens (tertiary/aromatic N) is 6. The molecule has 4 atom stereocenters. The third-order valence-corrected chi connectivity index (χ3v) is 8.66. The quantitative estimate of drug-likeness (QED) is 0.141. The summed E-state index contributed by atoms with van der Waals surface area (Å²) in [5, 5.41) is 3.72. The zero-order valence-electron chi connectivity index (χ0n) is 22.5. The molecule has 2 aromatic carbocycles. The third-order valence-electron chi connectivity index (χ3n) is 6.14. The number of rotatable bonds is 7. The normalized spacial score (nSPS) is 21.0. The van der Waals surface area contributed by atoms with Crippen molar-refractivity contribution in [3.05, 3.63) is 97.2 Å². The topological polar surface area (TPSA) is 219 Å². The Hall–Kier alpha value is -2.13. The van der Waals surface area contributed by atoms with Crippen LogP contribution < -0.4 is 29.6 Å². The van der Waals surface area contributed by atoms with Crippen molar-refractivity contribution < 1.29 is 59.0 Å². The molecule has 0 bridgehead atoms. The van der Waals surface area contributed by atoms with Gasteiger partial charge < -0.3 is 11.1 Å². The van der Waals surface area contributed by atoms with E-state index in [0.29, 0.717) is 12.8 Å². The molecule has 0 saturated carbocycles. The van der Waals surface area contributed by atoms with Crippen molar-refractivity contribution in [2.24, 2.45) is 5.11 Å². The number of hydrogen-bond acceptors (Lipinski definition) is 8. The Morgan fingerprint density at radius 3 is 1.65 bits per heavy atom. The molecule has 0 amide bonds. The van der Waals surface area contributed by atoms with Crippen molar-refractivity contribution in [1.29, 1.82) is 0 Å². The number of fused-ring (bicyclic) bond motifs is 2. The van der Waals surface area contributed by atoms with E-state index in [0.717, 1.165) is 34.8 Å². The Bertz CT molecular complexity index is 1590. The average molecular weight is 621 g/mol. The number of azide groups is 1. The van der Waals surface area contributed by atoms with Crippen LogP contribution in [-0.2, 0) is 46.8 Å². The van der Waals surface area contributed by atoms with E-state index in [9.17, 15) is 25.3 Å². The molecule has 2 aliphatic carbocycles. The summed E-state index contributed by atoms with van der Waals surface area (Å²) >= 11 is 0. The minimum atomic E-state index is -3.61. The molecule has 40 heavy (non-hydrogen) atoms. The Kier molecular flexibility index (Phi) is 13.6. The fourth-order valence-electron chi connectivity index (χ4n) is 4.86. The summed E-state index contributed by atoms with van der Waals surface area (Å²) < 4.78 is 73.4. The summed E-state index contributed by atoms with van der Waals surface area (Å²) in [5.41, 5.74) is 25.9. The second kappa shape index (κ2) is 15.2. The first-order valence-corrected chi connectivity index (χ1v) is 17.4. The number of benzene rings is 2. The van der Waals surface area contributed by atoms with Crippen LogP contribution in [-0.4, -0.2) is 67.7 Å². The predicted octanol–water partition coefficient (Wildman–Crippen LogP) is 0.636. The Balaban J connectivity index is 0.000000358. The molecule has 0 aliphatic heterocycles. The molecule has 0 aromatic heterocycles. The van der Waals surface area contributed by atoms with Gasteiger partial charge in [-0.15, -0.1) is 0 Å². The van der Waals surface area contributed by atoms with Gasteiger partial charge in [0, 0.05) is 41.7 Å². The van der Waals surface area contributed by atoms with Gasteiger partial charge in [0.05, 0.1) is 23.9 Å². The first-order chi connectivity index (χ1) is 18.1. The van der Waals surface area contributed by atoms with Crippen LogP contribution in [0.4, 0.5) is 0 Å². The van der Waals surface area contributed by atoms with Crippen LogP contribution in [0.5, 0.6) is 0 Å². The maximum Gasteiger partial charge on any atom is 1.00 e. The van der Waals surface area contributed by atoms with E-state index >= 15 is 0 Å². The van der Waals surface area contributed by atoms with Gasteiger partial charge in [-0.2, -0.15) is 8.42 Å². The summed E-state index contributed by atoms with van der Waals surface area (Å²) in [6.45, 7) is 0. The molecule has 2 aromatic rings. The molecule has 4 rings (SSSR count). The van der Waals surface area contributed by atoms with Crippen LogP contribution >= 0.6 is 0 Å². The van der Waals surface area contributed by atoms with Gasteiger partial charge in [0.2, 0.25) is 0 Å². The second-order valence-corrected chi connectivity index (χ2v) is 15.4. The number of hydrogen-bond donors (Lipinski definition) is 0. The van der Waals surface area contributed by atoms with Crippen molar-refractivity contribution in [1.82, 2.24) is 0 Å². The molecule has 0 fully saturated rings. The van der Waals surface area contributed by atoms with Gasteiger partial charge in [0.15, 0.2) is 0 Å². The smallest absolute Gasteiger partial charge is 0.373 e. The van der Waals surface area contributed by atoms with Gasteiger partial charge in [0.1, 0.15) is 19.7 Å². The fourth-order valence-corrected chi connectivity index (χ4v) is 7.61. The molecule has 17 heteroatoms. The molecular weight excluding hydrogens is 591 g/mol. The summed E-state index contributed by atoms with van der Waals surface area (Å²) in [6, 6.07) is 14.7. The van der Waals surface area contributed by atoms with Crippen LogP contribution in [0.3, 0.4) is 0 Å². The van der Waals surface area contributed by atoms with Crippen LogP contribution in [0.25, 0.3) is 26.4 Å². The van der Waals surface area contributed by atoms with Gasteiger partial charge in [-0.05, 0) is 34.2 Å². The molecule has 0 N–H and O–H groups in total. The Morgan fingerprint density at radius 1 is 0.775 bits per heavy atom. The molecule has 0 heterocycles. The molecule has 0 saturated heterocycles. The minimum absolute atomic E-state index is 0. The maximum absolute atomic E-state index is 11.5. The van der Waals surface area contributed by atoms with Gasteiger partial charge in [-0.1, -0.05) is 53.6 Å². The largest absolute Gasteiger partial charge is 1.00 e. The fraction of sp³-hybridized carbons (Fsp3) is 0.478. The van der Waals surface area contributed by atoms with E-state index in [1.54, 1.807) is 0 Å². The summed E-state index contributed by atoms with van der Waals surface area (Å²) in [6.07, 6.45) is 3.74. The molecular formula is C23H29N6NaO7S3. The zero-order valence-corrected chi connectivity index (χ0v) is 27.0. The van der Waals surface area contributed by atoms with Crippen molar-refractivity contribution in [3.8, 4) is 0 Å². The van der Waals surface area contributed by atoms with E-state index in [-0.39, 0.29) is 53.0 Å². The van der Waals surface area contributed by atoms with E-state index in [1.165, 1.54) is 11.2 Å². The summed E-state index contributed by atoms with van der Waals surface area (Å²) in [4.78, 5) is 4.31. The molecule has 0 unspecified atom stereocenters. The average Bonchev–Trinajstić information content (AvgIpc) is 3.30. The van der Waals surface area contributed by atoms with Crippen molar-refractivity contribution >= 4 is 29.8 Å². The van der Waals surface area contributed by atoms with Crippen LogP contribution in [0.2, 0.25) is 0 Å². The van der Waals surface area contributed by atoms with Crippen LogP contribution in [0.15, 0.2) is 53.6 Å². The van der Waals surface area contributed by atoms with Gasteiger partial charge in [0.25, 0.3) is 10.1 Å². The van der Waals surface area contributed by atoms with E-state index in [1.807, 2.05) is 48.5 Å². The standard InChI is InChI=1S/C12H16O5S2.C11H13N3O2S.N3.Na/c1-18(13,14)8-11-10-6-4-3-5-9(10)7-12(11)17-19(2,15)16;1-17(15,16)7-10-9-5-3-2-4-8(9)6-11(10)13-14-12;1-3-2;/h3-6,11-12H,7-8H2,1-2H3;2-5,10-11H,6-7H2,1H3;;/q;;-1;+1/t11-,12+;10-,11-;;/m11../s1. The van der Waals surface area contributed by atoms with Crippen molar-refractivity contribution in [3.63, 3.8) is 0 Å². The summed E-state index contributed by atoms with van der Waals surface area (Å²) in [7, 11) is -9.91.